The van der Waals surface area contributed by atoms with Crippen molar-refractivity contribution in [1.82, 2.24) is 10.4 Å². The van der Waals surface area contributed by atoms with E-state index < -0.39 is 17.9 Å². The van der Waals surface area contributed by atoms with E-state index in [1.165, 1.54) is 11.1 Å². The summed E-state index contributed by atoms with van der Waals surface area (Å²) >= 11 is 0. The summed E-state index contributed by atoms with van der Waals surface area (Å²) in [5.41, 5.74) is 1.46. The van der Waals surface area contributed by atoms with Crippen LogP contribution in [0.4, 0.5) is 4.79 Å². The number of hydroxylamine groups is 1. The predicted molar refractivity (Wildman–Crippen MR) is 55.0 cm³/mol. The second kappa shape index (κ2) is 4.59. The first-order chi connectivity index (χ1) is 6.94. The second-order valence-electron chi connectivity index (χ2n) is 4.30. The molecule has 0 fully saturated rings. The Balaban J connectivity index is 2.62. The quantitative estimate of drug-likeness (QED) is 0.628. The predicted octanol–water partition coefficient (Wildman–Crippen LogP) is 0.613. The molecule has 0 bridgehead atoms. The summed E-state index contributed by atoms with van der Waals surface area (Å²) in [6.45, 7) is 6.35. The number of rotatable bonds is 1. The molecule has 0 radical (unpaired) electrons. The van der Waals surface area contributed by atoms with Gasteiger partial charge in [0.1, 0.15) is 11.8 Å². The lowest BCUT2D eigenvalue weighted by Crippen LogP contribution is -2.53. The van der Waals surface area contributed by atoms with Gasteiger partial charge in [-0.25, -0.2) is 4.79 Å². The number of carbonyl (C=O) groups is 1. The van der Waals surface area contributed by atoms with Gasteiger partial charge in [-0.2, -0.15) is 5.48 Å². The highest BCUT2D eigenvalue weighted by Gasteiger charge is 2.28. The van der Waals surface area contributed by atoms with Gasteiger partial charge in [0.05, 0.1) is 6.54 Å². The number of carbonyl (C=O) groups excluding carboxylic acids is 1. The topological polar surface area (TPSA) is 74.2 Å². The van der Waals surface area contributed by atoms with Crippen molar-refractivity contribution in [2.24, 2.45) is 4.99 Å². The molecular weight excluding hydrogens is 198 g/mol. The van der Waals surface area contributed by atoms with Gasteiger partial charge < -0.3 is 9.94 Å². The summed E-state index contributed by atoms with van der Waals surface area (Å²) in [5, 5.41) is 8.82. The normalized spacial score (nSPS) is 21.6. The average Bonchev–Trinajstić information content (AvgIpc) is 2.15. The first kappa shape index (κ1) is 11.9. The van der Waals surface area contributed by atoms with Crippen molar-refractivity contribution in [3.8, 4) is 0 Å². The lowest BCUT2D eigenvalue weighted by Gasteiger charge is -2.32. The van der Waals surface area contributed by atoms with Crippen molar-refractivity contribution in [1.29, 1.82) is 0 Å². The monoisotopic (exact) mass is 215 g/mol. The number of nitrogens with one attached hydrogen (secondary N) is 1. The zero-order valence-corrected chi connectivity index (χ0v) is 9.23. The SMILES string of the molecule is CC(C)(C)OC(=O)N1CCN=CC1NO. The van der Waals surface area contributed by atoms with Crippen LogP contribution >= 0.6 is 0 Å². The molecule has 6 heteroatoms. The van der Waals surface area contributed by atoms with E-state index >= 15 is 0 Å². The Hall–Kier alpha value is -1.14. The highest BCUT2D eigenvalue weighted by molar-refractivity contribution is 5.76. The Bertz CT molecular complexity index is 260. The summed E-state index contributed by atoms with van der Waals surface area (Å²) in [7, 11) is 0. The van der Waals surface area contributed by atoms with Crippen LogP contribution in [0, 0.1) is 0 Å². The summed E-state index contributed by atoms with van der Waals surface area (Å²) in [6, 6.07) is 0. The third-order valence-corrected chi connectivity index (χ3v) is 1.81. The van der Waals surface area contributed by atoms with Crippen molar-refractivity contribution in [3.05, 3.63) is 0 Å². The Morgan fingerprint density at radius 3 is 2.87 bits per heavy atom. The molecule has 0 aromatic carbocycles. The Morgan fingerprint density at radius 1 is 1.67 bits per heavy atom. The molecule has 0 saturated carbocycles. The highest BCUT2D eigenvalue weighted by Crippen LogP contribution is 2.11. The van der Waals surface area contributed by atoms with Gasteiger partial charge in [-0.05, 0) is 20.8 Å². The van der Waals surface area contributed by atoms with E-state index in [1.54, 1.807) is 20.8 Å². The largest absolute Gasteiger partial charge is 0.444 e. The number of nitrogens with zero attached hydrogens (tertiary/aromatic N) is 2. The number of hydrogen-bond donors (Lipinski definition) is 2. The van der Waals surface area contributed by atoms with Crippen molar-refractivity contribution in [2.45, 2.75) is 32.5 Å². The summed E-state index contributed by atoms with van der Waals surface area (Å²) in [4.78, 5) is 17.0. The molecular formula is C9H17N3O3. The van der Waals surface area contributed by atoms with Crippen LogP contribution in [0.5, 0.6) is 0 Å². The van der Waals surface area contributed by atoms with E-state index in [0.717, 1.165) is 0 Å². The molecule has 0 saturated heterocycles. The van der Waals surface area contributed by atoms with Crippen LogP contribution in [0.15, 0.2) is 4.99 Å². The summed E-state index contributed by atoms with van der Waals surface area (Å²) < 4.78 is 5.18. The van der Waals surface area contributed by atoms with Crippen molar-refractivity contribution in [2.75, 3.05) is 13.1 Å². The van der Waals surface area contributed by atoms with Gasteiger partial charge >= 0.3 is 6.09 Å². The van der Waals surface area contributed by atoms with Crippen LogP contribution in [-0.4, -0.2) is 47.3 Å². The molecule has 86 valence electrons. The second-order valence-corrected chi connectivity index (χ2v) is 4.30. The average molecular weight is 215 g/mol. The van der Waals surface area contributed by atoms with Gasteiger partial charge in [-0.3, -0.25) is 9.89 Å². The standard InChI is InChI=1S/C9H17N3O3/c1-9(2,3)15-8(13)12-5-4-10-6-7(12)11-14/h6-7,11,14H,4-5H2,1-3H3. The van der Waals surface area contributed by atoms with E-state index in [9.17, 15) is 4.79 Å². The zero-order valence-electron chi connectivity index (χ0n) is 9.23. The van der Waals surface area contributed by atoms with E-state index in [4.69, 9.17) is 9.94 Å². The summed E-state index contributed by atoms with van der Waals surface area (Å²) in [5.74, 6) is 0. The molecule has 0 spiro atoms. The molecule has 15 heavy (non-hydrogen) atoms. The maximum Gasteiger partial charge on any atom is 0.411 e. The first-order valence-electron chi connectivity index (χ1n) is 4.83. The molecule has 1 amide bonds. The minimum Gasteiger partial charge on any atom is -0.444 e. The first-order valence-corrected chi connectivity index (χ1v) is 4.83. The molecule has 1 aliphatic heterocycles. The van der Waals surface area contributed by atoms with Crippen LogP contribution in [-0.2, 0) is 4.74 Å². The third-order valence-electron chi connectivity index (χ3n) is 1.81. The van der Waals surface area contributed by atoms with E-state index in [2.05, 4.69) is 4.99 Å². The maximum atomic E-state index is 11.7. The summed E-state index contributed by atoms with van der Waals surface area (Å²) in [6.07, 6.45) is 0.418. The highest BCUT2D eigenvalue weighted by atomic mass is 16.6. The van der Waals surface area contributed by atoms with Crippen LogP contribution in [0.1, 0.15) is 20.8 Å². The fraction of sp³-hybridized carbons (Fsp3) is 0.778. The van der Waals surface area contributed by atoms with Gasteiger partial charge in [0.2, 0.25) is 0 Å². The number of hydrogen-bond acceptors (Lipinski definition) is 5. The molecule has 1 rings (SSSR count). The number of aliphatic imine (C=N–C) groups is 1. The molecule has 6 nitrogen and oxygen atoms in total. The van der Waals surface area contributed by atoms with Gasteiger partial charge in [0.15, 0.2) is 0 Å². The minimum atomic E-state index is -0.603. The maximum absolute atomic E-state index is 11.7. The van der Waals surface area contributed by atoms with E-state index in [0.29, 0.717) is 13.1 Å². The molecule has 1 aliphatic rings. The fourth-order valence-electron chi connectivity index (χ4n) is 1.19. The third kappa shape index (κ3) is 3.49. The van der Waals surface area contributed by atoms with E-state index in [1.807, 2.05) is 5.48 Å². The lowest BCUT2D eigenvalue weighted by molar-refractivity contribution is 0.00208. The van der Waals surface area contributed by atoms with Gasteiger partial charge in [0, 0.05) is 12.8 Å². The van der Waals surface area contributed by atoms with Crippen LogP contribution in [0.25, 0.3) is 0 Å². The fourth-order valence-corrected chi connectivity index (χ4v) is 1.19. The zero-order chi connectivity index (χ0) is 11.5. The van der Waals surface area contributed by atoms with E-state index in [-0.39, 0.29) is 0 Å². The van der Waals surface area contributed by atoms with Gasteiger partial charge in [0.25, 0.3) is 0 Å². The minimum absolute atomic E-state index is 0.434. The van der Waals surface area contributed by atoms with Crippen molar-refractivity contribution >= 4 is 12.3 Å². The lowest BCUT2D eigenvalue weighted by atomic mass is 10.2. The van der Waals surface area contributed by atoms with Crippen molar-refractivity contribution < 1.29 is 14.7 Å². The molecule has 1 heterocycles. The van der Waals surface area contributed by atoms with Gasteiger partial charge in [-0.15, -0.1) is 0 Å². The Kier molecular flexibility index (Phi) is 3.65. The molecule has 1 unspecified atom stereocenters. The van der Waals surface area contributed by atoms with Crippen LogP contribution in [0.2, 0.25) is 0 Å². The Morgan fingerprint density at radius 2 is 2.33 bits per heavy atom. The molecule has 1 atom stereocenters. The molecule has 2 N–H and O–H groups in total. The van der Waals surface area contributed by atoms with Crippen molar-refractivity contribution in [3.63, 3.8) is 0 Å². The molecule has 0 aromatic rings. The van der Waals surface area contributed by atoms with Crippen LogP contribution in [0.3, 0.4) is 0 Å². The number of amides is 1. The number of ether oxygens (including phenoxy) is 1. The van der Waals surface area contributed by atoms with Crippen LogP contribution < -0.4 is 5.48 Å². The molecule has 0 aromatic heterocycles. The Labute approximate surface area is 88.9 Å². The van der Waals surface area contributed by atoms with Gasteiger partial charge in [-0.1, -0.05) is 0 Å². The molecule has 0 aliphatic carbocycles. The smallest absolute Gasteiger partial charge is 0.411 e.